The zero-order valence-electron chi connectivity index (χ0n) is 65.2. The van der Waals surface area contributed by atoms with Crippen molar-refractivity contribution in [1.82, 2.24) is 99.9 Å². The maximum atomic E-state index is 12.9. The van der Waals surface area contributed by atoms with E-state index in [4.69, 9.17) is 77.6 Å². The highest BCUT2D eigenvalue weighted by molar-refractivity contribution is 6.40. The molecule has 0 bridgehead atoms. The van der Waals surface area contributed by atoms with Crippen LogP contribution in [0.3, 0.4) is 0 Å². The van der Waals surface area contributed by atoms with Gasteiger partial charge >= 0.3 is 5.97 Å². The van der Waals surface area contributed by atoms with Gasteiger partial charge in [-0.05, 0) is 0 Å². The van der Waals surface area contributed by atoms with Gasteiger partial charge in [0.15, 0.2) is 22.6 Å². The molecule has 2 N–H and O–H groups in total. The molecule has 2 aliphatic heterocycles. The first-order valence-electron chi connectivity index (χ1n) is 38.6. The van der Waals surface area contributed by atoms with Crippen molar-refractivity contribution < 1.29 is 33.8 Å². The van der Waals surface area contributed by atoms with E-state index in [0.29, 0.717) is 143 Å². The highest BCUT2D eigenvalue weighted by Gasteiger charge is 2.29. The molecule has 31 heteroatoms. The van der Waals surface area contributed by atoms with Gasteiger partial charge in [-0.2, -0.15) is 20.4 Å². The van der Waals surface area contributed by atoms with E-state index >= 15 is 0 Å². The molecule has 2 aliphatic rings. The molecule has 18 rings (SSSR count). The van der Waals surface area contributed by atoms with E-state index in [9.17, 15) is 19.2 Å². The summed E-state index contributed by atoms with van der Waals surface area (Å²) in [6, 6.07) is 77.1. The topological polar surface area (TPSA) is 303 Å². The number of halogens is 4. The third kappa shape index (κ3) is 22.8. The van der Waals surface area contributed by atoms with E-state index in [1.54, 1.807) is 21.3 Å². The summed E-state index contributed by atoms with van der Waals surface area (Å²) in [4.78, 5) is 54.8. The van der Waals surface area contributed by atoms with Gasteiger partial charge < -0.3 is 29.7 Å². The van der Waals surface area contributed by atoms with Gasteiger partial charge in [0, 0.05) is 90.8 Å². The number of carboxylic acids is 1. The van der Waals surface area contributed by atoms with Crippen molar-refractivity contribution in [2.24, 2.45) is 0 Å². The summed E-state index contributed by atoms with van der Waals surface area (Å²) in [6.07, 6.45) is 5.32. The predicted molar refractivity (Wildman–Crippen MR) is 514 cm³/mol. The van der Waals surface area contributed by atoms with Gasteiger partial charge in [-0.15, -0.1) is 47.2 Å². The molecule has 8 aromatic carbocycles. The lowest BCUT2D eigenvalue weighted by Gasteiger charge is -2.26. The molecule has 0 radical (unpaired) electrons. The minimum absolute atomic E-state index is 0. The van der Waals surface area contributed by atoms with E-state index in [1.807, 2.05) is 243 Å². The monoisotopic (exact) mass is 1800 g/mol. The highest BCUT2D eigenvalue weighted by atomic mass is 35.5. The van der Waals surface area contributed by atoms with E-state index in [-0.39, 0.29) is 102 Å². The van der Waals surface area contributed by atoms with Crippen LogP contribution in [0, 0.1) is 12.3 Å². The van der Waals surface area contributed by atoms with Gasteiger partial charge in [-0.25, -0.2) is 18.7 Å². The second-order valence-electron chi connectivity index (χ2n) is 27.8. The molecule has 2 fully saturated rings. The fourth-order valence-electron chi connectivity index (χ4n) is 13.8. The van der Waals surface area contributed by atoms with Crippen LogP contribution in [0.4, 0.5) is 0 Å². The lowest BCUT2D eigenvalue weighted by atomic mass is 10.1. The number of nitrogens with one attached hydrogen (secondary N) is 1. The number of hydrogen-bond acceptors (Lipinski definition) is 19. The van der Waals surface area contributed by atoms with Crippen LogP contribution in [0.5, 0.6) is 0 Å². The summed E-state index contributed by atoms with van der Waals surface area (Å²) in [6.45, 7) is 6.83. The number of ether oxygens (including phenoxy) is 2. The molecule has 0 aliphatic carbocycles. The Balaban J connectivity index is 0.000000208. The predicted octanol–water partition coefficient (Wildman–Crippen LogP) is 19.2. The summed E-state index contributed by atoms with van der Waals surface area (Å²) < 4.78 is 16.7. The average Bonchev–Trinajstić information content (AvgIpc) is 1.63. The third-order valence-corrected chi connectivity index (χ3v) is 21.4. The second kappa shape index (κ2) is 47.1. The first kappa shape index (κ1) is 99.9. The summed E-state index contributed by atoms with van der Waals surface area (Å²) in [7, 11) is 1.65. The SMILES string of the molecule is C.C.C.C.C.C.C.C#CCN(C)C(=O)Cn1nc(-c2ccccc2)c2c(Cl)c(-c3ccccc3)nnc21.O=C(Cn1nc(-c2ccccc2)c2c(Cl)c(-c3ccccc3)nnc21)N1CCOCC1.O=C(Cn1nc(-c2ccccc2)c2c(Cl)c(-c3ccccc3)nnc21)NCCN1CCOCC1.O=C(O)Cn1nc(-c2ccccc2)c2c(Cl)c(-c3ccccc3)nnc21. The standard InChI is InChI=1S/C25H25ClN6O2.C23H20ClN5O2.C23H18ClN5O.C19H13ClN4O2.7CH4/c26-22-21-23(18-7-3-1-4-8-18)30-32(17-20(33)27-11-12-31-13-15-34-16-14-31)25(21)29-28-24(22)19-9-5-2-6-10-19;24-20-19-21(16-7-3-1-4-8-16)27-29(15-18(30)28-11-13-31-14-12-28)23(19)26-25-22(20)17-9-5-2-6-10-17;1-3-14-28(2)18(30)15-29-23-19(21(27-29)16-10-6-4-7-11-16)20(24)22(25-26-23)17-12-8-5-9-13-17;20-16-15-17(12-7-3-1-4-8-12)23-24(11-14(25)26)19(15)22-21-18(16)13-9-5-2-6-10-13;;;;;;;/h1-10H,11-17H2,(H,27,33);1-10H,11-15H2;1,4-13H,14-15H2,2H3;1-10H,11H2,(H,25,26);7*1H4. The zero-order chi connectivity index (χ0) is 83.7. The fraction of sp³-hybridized carbons (Fsp3) is 0.237. The normalized spacial score (nSPS) is 12.0. The van der Waals surface area contributed by atoms with Crippen molar-refractivity contribution in [1.29, 1.82) is 0 Å². The first-order valence-corrected chi connectivity index (χ1v) is 40.1. The number of carbonyl (C=O) groups is 4. The highest BCUT2D eigenvalue weighted by Crippen LogP contribution is 2.42. The number of nitrogens with zero attached hydrogens (tertiary/aromatic N) is 19. The summed E-state index contributed by atoms with van der Waals surface area (Å²) >= 11 is 27.2. The van der Waals surface area contributed by atoms with Gasteiger partial charge in [0.05, 0.1) is 74.6 Å². The molecule has 3 amide bonds. The molecule has 2 saturated heterocycles. The number of rotatable bonds is 20. The second-order valence-corrected chi connectivity index (χ2v) is 29.4. The number of aromatic nitrogens is 16. The zero-order valence-corrected chi connectivity index (χ0v) is 68.2. The number of amides is 3. The van der Waals surface area contributed by atoms with Gasteiger partial charge in [-0.1, -0.05) is 347 Å². The van der Waals surface area contributed by atoms with Crippen LogP contribution < -0.4 is 5.32 Å². The van der Waals surface area contributed by atoms with Crippen LogP contribution in [0.2, 0.25) is 20.1 Å². The van der Waals surface area contributed by atoms with Crippen molar-refractivity contribution in [2.45, 2.75) is 78.2 Å². The Morgan fingerprint density at radius 1 is 0.375 bits per heavy atom. The number of benzene rings is 8. The first-order chi connectivity index (χ1) is 59.2. The third-order valence-electron chi connectivity index (χ3n) is 19.9. The quantitative estimate of drug-likeness (QED) is 0.0670. The Kier molecular flexibility index (Phi) is 36.8. The summed E-state index contributed by atoms with van der Waals surface area (Å²) in [5.41, 5.74) is 13.6. The number of likely N-dealkylation sites (N-methyl/N-ethyl adjacent to an activating group) is 1. The summed E-state index contributed by atoms with van der Waals surface area (Å²) in [5.74, 6) is 1.10. The maximum absolute atomic E-state index is 12.9. The number of morpholine rings is 2. The minimum Gasteiger partial charge on any atom is -0.480 e. The average molecular weight is 1800 g/mol. The lowest BCUT2D eigenvalue weighted by molar-refractivity contribution is -0.138. The molecular weight excluding hydrogens is 1700 g/mol. The Labute approximate surface area is 765 Å². The number of fused-ring (bicyclic) bond motifs is 4. The van der Waals surface area contributed by atoms with Gasteiger partial charge in [0.1, 0.15) is 71.7 Å². The molecule has 0 atom stereocenters. The number of hydrogen-bond donors (Lipinski definition) is 2. The molecule has 10 heterocycles. The van der Waals surface area contributed by atoms with Crippen molar-refractivity contribution in [3.8, 4) is 102 Å². The van der Waals surface area contributed by atoms with Crippen molar-refractivity contribution in [3.63, 3.8) is 0 Å². The number of carboxylic acid groups (broad SMARTS) is 1. The van der Waals surface area contributed by atoms with E-state index < -0.39 is 5.97 Å². The van der Waals surface area contributed by atoms with E-state index in [1.165, 1.54) is 14.3 Å². The molecule has 16 aromatic rings. The van der Waals surface area contributed by atoms with Crippen molar-refractivity contribution in [3.05, 3.63) is 263 Å². The maximum Gasteiger partial charge on any atom is 0.325 e. The van der Waals surface area contributed by atoms with Crippen LogP contribution in [0.1, 0.15) is 52.0 Å². The Hall–Kier alpha value is -13.6. The largest absolute Gasteiger partial charge is 0.480 e. The summed E-state index contributed by atoms with van der Waals surface area (Å²) in [5, 5.41) is 69.9. The van der Waals surface area contributed by atoms with Crippen LogP contribution in [-0.4, -0.2) is 203 Å². The van der Waals surface area contributed by atoms with Crippen LogP contribution in [-0.2, 0) is 54.8 Å². The number of aliphatic carboxylic acids is 1. The van der Waals surface area contributed by atoms with Gasteiger partial charge in [0.2, 0.25) is 17.7 Å². The smallest absolute Gasteiger partial charge is 0.325 e. The van der Waals surface area contributed by atoms with E-state index in [0.717, 1.165) is 77.4 Å². The Morgan fingerprint density at radius 3 is 0.914 bits per heavy atom. The molecule has 0 unspecified atom stereocenters. The Bertz CT molecular complexity index is 6390. The minimum atomic E-state index is -1.01. The van der Waals surface area contributed by atoms with Gasteiger partial charge in [-0.3, -0.25) is 24.1 Å². The molecule has 8 aromatic heterocycles. The van der Waals surface area contributed by atoms with E-state index in [2.05, 4.69) is 67.1 Å². The Morgan fingerprint density at radius 2 is 0.633 bits per heavy atom. The number of terminal acetylenes is 1. The lowest BCUT2D eigenvalue weighted by Crippen LogP contribution is -2.42. The van der Waals surface area contributed by atoms with Crippen molar-refractivity contribution >= 4 is 114 Å². The molecule has 0 saturated carbocycles. The van der Waals surface area contributed by atoms with Crippen LogP contribution >= 0.6 is 46.4 Å². The molecule has 128 heavy (non-hydrogen) atoms. The van der Waals surface area contributed by atoms with Gasteiger partial charge in [0.25, 0.3) is 0 Å². The van der Waals surface area contributed by atoms with Crippen molar-refractivity contribution in [2.75, 3.05) is 79.3 Å². The molecule has 662 valence electrons. The molecule has 0 spiro atoms. The van der Waals surface area contributed by atoms with Crippen LogP contribution in [0.25, 0.3) is 134 Å². The molecule has 27 nitrogen and oxygen atoms in total. The fourth-order valence-corrected chi connectivity index (χ4v) is 15.1. The number of carbonyl (C=O) groups excluding carboxylic acids is 3. The molecular formula is C97H104Cl4N20O7. The van der Waals surface area contributed by atoms with Crippen LogP contribution in [0.15, 0.2) is 243 Å².